The molecule has 2 aromatic carbocycles. The molecule has 0 saturated heterocycles. The van der Waals surface area contributed by atoms with Crippen LogP contribution in [0.4, 0.5) is 0 Å². The minimum absolute atomic E-state index is 0.0328. The minimum Gasteiger partial charge on any atom is -0.492 e. The van der Waals surface area contributed by atoms with Crippen molar-refractivity contribution in [2.75, 3.05) is 26.5 Å². The molecular formula is C19H18N2O6S. The van der Waals surface area contributed by atoms with Crippen LogP contribution in [0.5, 0.6) is 17.2 Å². The number of sulfonamides is 1. The van der Waals surface area contributed by atoms with Crippen LogP contribution >= 0.6 is 0 Å². The van der Waals surface area contributed by atoms with Crippen molar-refractivity contribution >= 4 is 15.9 Å². The molecule has 9 heteroatoms. The van der Waals surface area contributed by atoms with Gasteiger partial charge in [0.15, 0.2) is 11.5 Å². The zero-order valence-corrected chi connectivity index (χ0v) is 15.6. The third kappa shape index (κ3) is 4.73. The Balaban J connectivity index is 1.48. The van der Waals surface area contributed by atoms with Crippen LogP contribution < -0.4 is 24.2 Å². The SMILES string of the molecule is C#CCNS(=O)(=O)c1ccc(C(=O)NCCOc2ccc3c(c2)OCO3)cc1. The van der Waals surface area contributed by atoms with Gasteiger partial charge in [0.25, 0.3) is 5.91 Å². The molecule has 0 fully saturated rings. The smallest absolute Gasteiger partial charge is 0.251 e. The molecular weight excluding hydrogens is 384 g/mol. The Morgan fingerprint density at radius 3 is 2.64 bits per heavy atom. The Morgan fingerprint density at radius 2 is 1.89 bits per heavy atom. The summed E-state index contributed by atoms with van der Waals surface area (Å²) in [5.74, 6) is 3.75. The van der Waals surface area contributed by atoms with E-state index >= 15 is 0 Å². The topological polar surface area (TPSA) is 103 Å². The molecule has 1 aliphatic heterocycles. The molecule has 28 heavy (non-hydrogen) atoms. The molecule has 0 aromatic heterocycles. The number of amides is 1. The van der Waals surface area contributed by atoms with Crippen molar-refractivity contribution in [2.24, 2.45) is 0 Å². The number of ether oxygens (including phenoxy) is 3. The van der Waals surface area contributed by atoms with E-state index < -0.39 is 10.0 Å². The lowest BCUT2D eigenvalue weighted by Gasteiger charge is -2.09. The van der Waals surface area contributed by atoms with Gasteiger partial charge in [0.05, 0.1) is 18.0 Å². The molecule has 0 spiro atoms. The average Bonchev–Trinajstić information content (AvgIpc) is 3.17. The normalized spacial score (nSPS) is 12.2. The van der Waals surface area contributed by atoms with Gasteiger partial charge in [0.1, 0.15) is 12.4 Å². The van der Waals surface area contributed by atoms with E-state index in [0.29, 0.717) is 22.8 Å². The van der Waals surface area contributed by atoms with Crippen LogP contribution in [0, 0.1) is 12.3 Å². The molecule has 2 N–H and O–H groups in total. The van der Waals surface area contributed by atoms with Gasteiger partial charge >= 0.3 is 0 Å². The first-order chi connectivity index (χ1) is 13.5. The number of nitrogens with one attached hydrogen (secondary N) is 2. The summed E-state index contributed by atoms with van der Waals surface area (Å²) in [6, 6.07) is 10.8. The number of benzene rings is 2. The fourth-order valence-corrected chi connectivity index (χ4v) is 3.34. The van der Waals surface area contributed by atoms with Crippen molar-refractivity contribution in [1.82, 2.24) is 10.0 Å². The predicted octanol–water partition coefficient (Wildman–Crippen LogP) is 1.14. The third-order valence-corrected chi connectivity index (χ3v) is 5.21. The van der Waals surface area contributed by atoms with E-state index in [9.17, 15) is 13.2 Å². The summed E-state index contributed by atoms with van der Waals surface area (Å²) in [6.07, 6.45) is 5.04. The summed E-state index contributed by atoms with van der Waals surface area (Å²) in [7, 11) is -3.68. The lowest BCUT2D eigenvalue weighted by Crippen LogP contribution is -2.28. The molecule has 3 rings (SSSR count). The van der Waals surface area contributed by atoms with Crippen molar-refractivity contribution in [3.8, 4) is 29.6 Å². The van der Waals surface area contributed by atoms with Gasteiger partial charge in [-0.25, -0.2) is 8.42 Å². The molecule has 2 aromatic rings. The van der Waals surface area contributed by atoms with E-state index in [1.165, 1.54) is 24.3 Å². The number of terminal acetylenes is 1. The van der Waals surface area contributed by atoms with Gasteiger partial charge in [0.2, 0.25) is 16.8 Å². The second-order valence-electron chi connectivity index (χ2n) is 5.67. The van der Waals surface area contributed by atoms with Gasteiger partial charge in [-0.3, -0.25) is 4.79 Å². The summed E-state index contributed by atoms with van der Waals surface area (Å²) >= 11 is 0. The van der Waals surface area contributed by atoms with Crippen molar-refractivity contribution in [3.05, 3.63) is 48.0 Å². The van der Waals surface area contributed by atoms with Crippen molar-refractivity contribution in [3.63, 3.8) is 0 Å². The van der Waals surface area contributed by atoms with Gasteiger partial charge in [0, 0.05) is 11.6 Å². The van der Waals surface area contributed by atoms with Gasteiger partial charge in [-0.15, -0.1) is 6.42 Å². The molecule has 1 amide bonds. The summed E-state index contributed by atoms with van der Waals surface area (Å²) in [5, 5.41) is 2.70. The quantitative estimate of drug-likeness (QED) is 0.507. The third-order valence-electron chi connectivity index (χ3n) is 3.79. The lowest BCUT2D eigenvalue weighted by molar-refractivity contribution is 0.0947. The highest BCUT2D eigenvalue weighted by Crippen LogP contribution is 2.34. The molecule has 0 bridgehead atoms. The summed E-state index contributed by atoms with van der Waals surface area (Å²) in [4.78, 5) is 12.2. The van der Waals surface area contributed by atoms with Crippen LogP contribution in [0.3, 0.4) is 0 Å². The Morgan fingerprint density at radius 1 is 1.14 bits per heavy atom. The fraction of sp³-hybridized carbons (Fsp3) is 0.211. The molecule has 1 aliphatic rings. The summed E-state index contributed by atoms with van der Waals surface area (Å²) in [6.45, 7) is 0.619. The maximum Gasteiger partial charge on any atom is 0.251 e. The number of rotatable bonds is 8. The largest absolute Gasteiger partial charge is 0.492 e. The summed E-state index contributed by atoms with van der Waals surface area (Å²) < 4.78 is 42.2. The monoisotopic (exact) mass is 402 g/mol. The highest BCUT2D eigenvalue weighted by molar-refractivity contribution is 7.89. The first-order valence-corrected chi connectivity index (χ1v) is 9.82. The van der Waals surface area contributed by atoms with Gasteiger partial charge in [-0.05, 0) is 36.4 Å². The van der Waals surface area contributed by atoms with Gasteiger partial charge < -0.3 is 19.5 Å². The van der Waals surface area contributed by atoms with Crippen LogP contribution in [0.2, 0.25) is 0 Å². The Labute approximate surface area is 162 Å². The van der Waals surface area contributed by atoms with E-state index in [4.69, 9.17) is 20.6 Å². The second kappa shape index (κ2) is 8.65. The van der Waals surface area contributed by atoms with E-state index in [2.05, 4.69) is 16.0 Å². The molecule has 146 valence electrons. The number of hydrogen-bond donors (Lipinski definition) is 2. The zero-order valence-electron chi connectivity index (χ0n) is 14.8. The number of carbonyl (C=O) groups is 1. The molecule has 0 atom stereocenters. The highest BCUT2D eigenvalue weighted by atomic mass is 32.2. The zero-order chi connectivity index (χ0) is 20.0. The number of carbonyl (C=O) groups excluding carboxylic acids is 1. The van der Waals surface area contributed by atoms with Crippen molar-refractivity contribution < 1.29 is 27.4 Å². The molecule has 0 saturated carbocycles. The standard InChI is InChI=1S/C19H18N2O6S/c1-2-9-21-28(23,24)16-6-3-14(4-7-16)19(22)20-10-11-25-15-5-8-17-18(12-15)27-13-26-17/h1,3-8,12,21H,9-11,13H2,(H,20,22). The Bertz CT molecular complexity index is 996. The fourth-order valence-electron chi connectivity index (χ4n) is 2.41. The lowest BCUT2D eigenvalue weighted by atomic mass is 10.2. The Kier molecular flexibility index (Phi) is 6.03. The molecule has 8 nitrogen and oxygen atoms in total. The second-order valence-corrected chi connectivity index (χ2v) is 7.44. The van der Waals surface area contributed by atoms with Crippen LogP contribution in [0.1, 0.15) is 10.4 Å². The number of fused-ring (bicyclic) bond motifs is 1. The van der Waals surface area contributed by atoms with Gasteiger partial charge in [-0.1, -0.05) is 5.92 Å². The van der Waals surface area contributed by atoms with E-state index in [0.717, 1.165) is 0 Å². The summed E-state index contributed by atoms with van der Waals surface area (Å²) in [5.41, 5.74) is 0.332. The predicted molar refractivity (Wildman–Crippen MR) is 101 cm³/mol. The van der Waals surface area contributed by atoms with Gasteiger partial charge in [-0.2, -0.15) is 4.72 Å². The van der Waals surface area contributed by atoms with Crippen LogP contribution in [-0.2, 0) is 10.0 Å². The maximum atomic E-state index is 12.1. The molecule has 0 unspecified atom stereocenters. The first-order valence-electron chi connectivity index (χ1n) is 8.33. The molecule has 0 radical (unpaired) electrons. The highest BCUT2D eigenvalue weighted by Gasteiger charge is 2.15. The Hall–Kier alpha value is -3.22. The van der Waals surface area contributed by atoms with E-state index in [1.807, 2.05) is 0 Å². The van der Waals surface area contributed by atoms with Crippen molar-refractivity contribution in [2.45, 2.75) is 4.90 Å². The van der Waals surface area contributed by atoms with E-state index in [-0.39, 0.29) is 37.3 Å². The van der Waals surface area contributed by atoms with Crippen LogP contribution in [0.15, 0.2) is 47.4 Å². The van der Waals surface area contributed by atoms with Crippen LogP contribution in [0.25, 0.3) is 0 Å². The first kappa shape index (κ1) is 19.5. The number of hydrogen-bond acceptors (Lipinski definition) is 6. The van der Waals surface area contributed by atoms with E-state index in [1.54, 1.807) is 18.2 Å². The average molecular weight is 402 g/mol. The van der Waals surface area contributed by atoms with Crippen LogP contribution in [-0.4, -0.2) is 40.8 Å². The molecule has 0 aliphatic carbocycles. The van der Waals surface area contributed by atoms with Crippen molar-refractivity contribution in [1.29, 1.82) is 0 Å². The minimum atomic E-state index is -3.68. The molecule has 1 heterocycles. The maximum absolute atomic E-state index is 12.1.